The minimum absolute atomic E-state index is 1.40. The molecular formula is C36H16. The van der Waals surface area contributed by atoms with Gasteiger partial charge in [-0.25, -0.2) is 0 Å². The SMILES string of the molecule is c1ccc2c(c1)c1cc3c(cc21)c1cc2c(cc31)c1c3c4ccccc4c3c3c4ccccc4c3c21. The van der Waals surface area contributed by atoms with Crippen LogP contribution in [0.1, 0.15) is 0 Å². The fourth-order valence-electron chi connectivity index (χ4n) is 7.79. The second-order valence-electron chi connectivity index (χ2n) is 10.8. The molecule has 11 aromatic carbocycles. The monoisotopic (exact) mass is 448 g/mol. The second kappa shape index (κ2) is 5.12. The Hall–Kier alpha value is -4.68. The molecule has 0 aliphatic rings. The first-order valence-corrected chi connectivity index (χ1v) is 12.8. The first-order chi connectivity index (χ1) is 17.9. The molecule has 11 aromatic rings. The van der Waals surface area contributed by atoms with E-state index in [0.29, 0.717) is 0 Å². The molecule has 0 aliphatic heterocycles. The zero-order valence-electron chi connectivity index (χ0n) is 19.2. The maximum absolute atomic E-state index is 2.49. The van der Waals surface area contributed by atoms with E-state index in [1.807, 2.05) is 0 Å². The standard InChI is InChI=1S/C36H16/c1-2-8-18-17(7-1)23-13-25-26(14-24(18)23)28-16-30-29(15-27(25)28)35-33-21-11-5-3-9-19(21)31(33)32-20-10-4-6-12-22(20)34(32)36(30)35/h1-16H. The number of fused-ring (bicyclic) bond motifs is 23. The fourth-order valence-corrected chi connectivity index (χ4v) is 7.79. The van der Waals surface area contributed by atoms with Crippen LogP contribution < -0.4 is 0 Å². The number of hydrogen-bond donors (Lipinski definition) is 0. The summed E-state index contributed by atoms with van der Waals surface area (Å²) >= 11 is 0. The van der Waals surface area contributed by atoms with Gasteiger partial charge >= 0.3 is 0 Å². The summed E-state index contributed by atoms with van der Waals surface area (Å²) in [5.41, 5.74) is 0. The van der Waals surface area contributed by atoms with Crippen molar-refractivity contribution in [3.05, 3.63) is 97.1 Å². The third kappa shape index (κ3) is 1.52. The Labute approximate surface area is 204 Å². The maximum atomic E-state index is 2.49. The van der Waals surface area contributed by atoms with Crippen LogP contribution in [0.5, 0.6) is 0 Å². The van der Waals surface area contributed by atoms with E-state index in [9.17, 15) is 0 Å². The Bertz CT molecular complexity index is 2480. The van der Waals surface area contributed by atoms with E-state index in [1.165, 1.54) is 108 Å². The second-order valence-corrected chi connectivity index (χ2v) is 10.8. The lowest BCUT2D eigenvalue weighted by molar-refractivity contribution is 1.80. The zero-order chi connectivity index (χ0) is 22.9. The summed E-state index contributed by atoms with van der Waals surface area (Å²) in [7, 11) is 0. The summed E-state index contributed by atoms with van der Waals surface area (Å²) in [5, 5.41) is 28.7. The molecule has 0 bridgehead atoms. The van der Waals surface area contributed by atoms with Gasteiger partial charge in [-0.1, -0.05) is 72.8 Å². The van der Waals surface area contributed by atoms with Crippen LogP contribution in [-0.4, -0.2) is 0 Å². The topological polar surface area (TPSA) is 0 Å². The Balaban J connectivity index is 1.34. The van der Waals surface area contributed by atoms with Gasteiger partial charge < -0.3 is 0 Å². The van der Waals surface area contributed by atoms with Gasteiger partial charge in [-0.05, 0) is 132 Å². The normalized spacial score (nSPS) is 13.6. The van der Waals surface area contributed by atoms with Gasteiger partial charge in [0, 0.05) is 0 Å². The van der Waals surface area contributed by atoms with Gasteiger partial charge in [0.25, 0.3) is 0 Å². The first-order valence-electron chi connectivity index (χ1n) is 12.8. The molecule has 0 fully saturated rings. The smallest absolute Gasteiger partial charge is 0.000695 e. The van der Waals surface area contributed by atoms with E-state index >= 15 is 0 Å². The first kappa shape index (κ1) is 16.9. The van der Waals surface area contributed by atoms with Gasteiger partial charge in [0.1, 0.15) is 0 Å². The quantitative estimate of drug-likeness (QED) is 0.216. The Morgan fingerprint density at radius 2 is 0.417 bits per heavy atom. The lowest BCUT2D eigenvalue weighted by Crippen LogP contribution is -1.99. The third-order valence-electron chi connectivity index (χ3n) is 9.37. The molecule has 0 heterocycles. The summed E-state index contributed by atoms with van der Waals surface area (Å²) < 4.78 is 0. The number of benzene rings is 6. The summed E-state index contributed by atoms with van der Waals surface area (Å²) in [4.78, 5) is 0. The molecule has 0 radical (unpaired) electrons. The highest BCUT2D eigenvalue weighted by Crippen LogP contribution is 2.57. The van der Waals surface area contributed by atoms with Crippen LogP contribution in [0.25, 0.3) is 108 Å². The predicted octanol–water partition coefficient (Wildman–Crippen LogP) is 10.4. The van der Waals surface area contributed by atoms with Crippen LogP contribution in [0, 0.1) is 0 Å². The highest BCUT2D eigenvalue weighted by Gasteiger charge is 2.28. The van der Waals surface area contributed by atoms with Crippen LogP contribution in [-0.2, 0) is 0 Å². The van der Waals surface area contributed by atoms with Crippen molar-refractivity contribution in [2.24, 2.45) is 0 Å². The molecule has 160 valence electrons. The van der Waals surface area contributed by atoms with E-state index in [2.05, 4.69) is 97.1 Å². The molecular weight excluding hydrogens is 432 g/mol. The van der Waals surface area contributed by atoms with Crippen LogP contribution in [0.3, 0.4) is 0 Å². The predicted molar refractivity (Wildman–Crippen MR) is 157 cm³/mol. The molecule has 0 amide bonds. The molecule has 0 saturated heterocycles. The lowest BCUT2D eigenvalue weighted by atomic mass is 9.74. The zero-order valence-corrected chi connectivity index (χ0v) is 19.2. The van der Waals surface area contributed by atoms with E-state index in [-0.39, 0.29) is 0 Å². The van der Waals surface area contributed by atoms with Crippen molar-refractivity contribution in [3.8, 4) is 0 Å². The third-order valence-corrected chi connectivity index (χ3v) is 9.37. The Morgan fingerprint density at radius 1 is 0.194 bits per heavy atom. The molecule has 0 saturated carbocycles. The van der Waals surface area contributed by atoms with Crippen LogP contribution in [0.4, 0.5) is 0 Å². The van der Waals surface area contributed by atoms with Crippen molar-refractivity contribution < 1.29 is 0 Å². The summed E-state index contributed by atoms with van der Waals surface area (Å²) in [6.07, 6.45) is 0. The Kier molecular flexibility index (Phi) is 2.40. The van der Waals surface area contributed by atoms with Crippen molar-refractivity contribution in [1.82, 2.24) is 0 Å². The van der Waals surface area contributed by atoms with E-state index in [1.54, 1.807) is 0 Å². The maximum Gasteiger partial charge on any atom is -0.000695 e. The van der Waals surface area contributed by atoms with Crippen molar-refractivity contribution >= 4 is 108 Å². The average molecular weight is 449 g/mol. The summed E-state index contributed by atoms with van der Waals surface area (Å²) in [6, 6.07) is 36.6. The average Bonchev–Trinajstić information content (AvgIpc) is 2.89. The minimum Gasteiger partial charge on any atom is -0.0616 e. The van der Waals surface area contributed by atoms with Crippen LogP contribution in [0.2, 0.25) is 0 Å². The number of rotatable bonds is 0. The van der Waals surface area contributed by atoms with E-state index in [4.69, 9.17) is 0 Å². The van der Waals surface area contributed by atoms with Crippen molar-refractivity contribution in [2.75, 3.05) is 0 Å². The van der Waals surface area contributed by atoms with Gasteiger partial charge in [0.15, 0.2) is 0 Å². The molecule has 0 N–H and O–H groups in total. The summed E-state index contributed by atoms with van der Waals surface area (Å²) in [6.45, 7) is 0. The Morgan fingerprint density at radius 3 is 0.750 bits per heavy atom. The fraction of sp³-hybridized carbons (Fsp3) is 0. The molecule has 0 spiro atoms. The molecule has 11 rings (SSSR count). The highest BCUT2D eigenvalue weighted by atomic mass is 14.3. The van der Waals surface area contributed by atoms with Gasteiger partial charge in [0.05, 0.1) is 0 Å². The van der Waals surface area contributed by atoms with E-state index < -0.39 is 0 Å². The van der Waals surface area contributed by atoms with Crippen molar-refractivity contribution in [2.45, 2.75) is 0 Å². The summed E-state index contributed by atoms with van der Waals surface area (Å²) in [5.74, 6) is 0. The highest BCUT2D eigenvalue weighted by molar-refractivity contribution is 6.57. The van der Waals surface area contributed by atoms with E-state index in [0.717, 1.165) is 0 Å². The molecule has 0 aliphatic carbocycles. The van der Waals surface area contributed by atoms with Gasteiger partial charge in [-0.2, -0.15) is 0 Å². The molecule has 0 unspecified atom stereocenters. The molecule has 36 heavy (non-hydrogen) atoms. The van der Waals surface area contributed by atoms with Gasteiger partial charge in [-0.3, -0.25) is 0 Å². The van der Waals surface area contributed by atoms with Gasteiger partial charge in [-0.15, -0.1) is 0 Å². The largest absolute Gasteiger partial charge is 0.0616 e. The van der Waals surface area contributed by atoms with Crippen molar-refractivity contribution in [3.63, 3.8) is 0 Å². The molecule has 0 atom stereocenters. The molecule has 0 heteroatoms. The minimum atomic E-state index is 1.40. The van der Waals surface area contributed by atoms with Gasteiger partial charge in [0.2, 0.25) is 0 Å². The molecule has 0 aromatic heterocycles. The lowest BCUT2D eigenvalue weighted by Gasteiger charge is -2.28. The van der Waals surface area contributed by atoms with Crippen molar-refractivity contribution in [1.29, 1.82) is 0 Å². The van der Waals surface area contributed by atoms with Crippen LogP contribution in [0.15, 0.2) is 97.1 Å². The molecule has 0 nitrogen and oxygen atoms in total. The number of hydrogen-bond acceptors (Lipinski definition) is 0. The van der Waals surface area contributed by atoms with Crippen LogP contribution >= 0.6 is 0 Å².